The number of amides is 2. The van der Waals surface area contributed by atoms with E-state index in [9.17, 15) is 46.3 Å². The van der Waals surface area contributed by atoms with Gasteiger partial charge in [-0.25, -0.2) is 0 Å². The van der Waals surface area contributed by atoms with Crippen LogP contribution in [-0.2, 0) is 12.4 Å². The van der Waals surface area contributed by atoms with Crippen LogP contribution < -0.4 is 10.6 Å². The van der Waals surface area contributed by atoms with Gasteiger partial charge in [-0.3, -0.25) is 9.59 Å². The molecule has 2 aromatic heterocycles. The molecular formula is C38H21F6N9O3S. The number of nitrogens with one attached hydrogen (secondary N) is 2. The highest BCUT2D eigenvalue weighted by Gasteiger charge is 2.31. The Morgan fingerprint density at radius 2 is 1.39 bits per heavy atom. The van der Waals surface area contributed by atoms with E-state index in [2.05, 4.69) is 36.2 Å². The predicted molar refractivity (Wildman–Crippen MR) is 196 cm³/mol. The Morgan fingerprint density at radius 1 is 0.772 bits per heavy atom. The van der Waals surface area contributed by atoms with Crippen LogP contribution in [0.15, 0.2) is 120 Å². The fraction of sp³-hybridized carbons (Fsp3) is 0.0526. The van der Waals surface area contributed by atoms with Gasteiger partial charge in [0, 0.05) is 27.9 Å². The molecule has 0 aliphatic carbocycles. The summed E-state index contributed by atoms with van der Waals surface area (Å²) in [6.45, 7) is 0. The Morgan fingerprint density at radius 3 is 1.98 bits per heavy atom. The highest BCUT2D eigenvalue weighted by Crippen LogP contribution is 2.41. The van der Waals surface area contributed by atoms with Crippen molar-refractivity contribution in [1.29, 1.82) is 5.26 Å². The van der Waals surface area contributed by atoms with E-state index in [1.54, 1.807) is 0 Å². The van der Waals surface area contributed by atoms with Crippen LogP contribution in [0.5, 0.6) is 5.75 Å². The third-order valence-corrected chi connectivity index (χ3v) is 9.21. The van der Waals surface area contributed by atoms with Gasteiger partial charge in [0.1, 0.15) is 22.3 Å². The van der Waals surface area contributed by atoms with Crippen LogP contribution in [0, 0.1) is 11.3 Å². The number of nitriles is 1. The third-order valence-electron chi connectivity index (χ3n) is 8.26. The fourth-order valence-corrected chi connectivity index (χ4v) is 6.24. The molecule has 2 amide bonds. The van der Waals surface area contributed by atoms with Crippen molar-refractivity contribution in [3.8, 4) is 27.5 Å². The molecule has 0 fully saturated rings. The molecule has 0 atom stereocenters. The molecule has 12 nitrogen and oxygen atoms in total. The molecule has 0 saturated carbocycles. The van der Waals surface area contributed by atoms with Gasteiger partial charge in [-0.15, -0.1) is 20.4 Å². The van der Waals surface area contributed by atoms with E-state index in [0.29, 0.717) is 5.01 Å². The van der Waals surface area contributed by atoms with Crippen LogP contribution in [0.25, 0.3) is 26.5 Å². The first-order valence-electron chi connectivity index (χ1n) is 16.3. The molecule has 3 N–H and O–H groups in total. The number of rotatable bonds is 8. The smallest absolute Gasteiger partial charge is 0.416 e. The topological polar surface area (TPSA) is 171 Å². The maximum atomic E-state index is 13.6. The van der Waals surface area contributed by atoms with Gasteiger partial charge in [0.15, 0.2) is 11.6 Å². The first-order chi connectivity index (χ1) is 27.2. The molecule has 7 aromatic rings. The SMILES string of the molecule is N#Cc1cnn(-c2nnc(-c3ccccc3)s2)c1N=Nc1c(O)c(C(=O)Nc2ccc(C(F)(F)F)cc2)cc2cc(C(=O)Nc3ccc(C(F)(F)F)cc3)ccc12. The summed E-state index contributed by atoms with van der Waals surface area (Å²) in [5.74, 6) is -2.55. The van der Waals surface area contributed by atoms with Gasteiger partial charge in [0.05, 0.1) is 22.9 Å². The van der Waals surface area contributed by atoms with E-state index in [1.807, 2.05) is 36.4 Å². The van der Waals surface area contributed by atoms with Gasteiger partial charge >= 0.3 is 12.4 Å². The van der Waals surface area contributed by atoms with Crippen LogP contribution in [0.2, 0.25) is 0 Å². The number of aromatic nitrogens is 4. The molecule has 2 heterocycles. The lowest BCUT2D eigenvalue weighted by Crippen LogP contribution is -2.13. The van der Waals surface area contributed by atoms with Crippen molar-refractivity contribution in [3.63, 3.8) is 0 Å². The molecule has 284 valence electrons. The molecule has 7 rings (SSSR count). The minimum Gasteiger partial charge on any atom is -0.505 e. The van der Waals surface area contributed by atoms with Crippen LogP contribution in [0.4, 0.5) is 49.2 Å². The molecule has 57 heavy (non-hydrogen) atoms. The van der Waals surface area contributed by atoms with Crippen molar-refractivity contribution in [2.45, 2.75) is 12.4 Å². The lowest BCUT2D eigenvalue weighted by Gasteiger charge is -2.13. The average Bonchev–Trinajstić information content (AvgIpc) is 3.85. The maximum Gasteiger partial charge on any atom is 0.416 e. The van der Waals surface area contributed by atoms with Gasteiger partial charge in [-0.2, -0.15) is 41.4 Å². The second-order valence-corrected chi connectivity index (χ2v) is 12.9. The number of azo groups is 1. The Bertz CT molecular complexity index is 2720. The largest absolute Gasteiger partial charge is 0.505 e. The van der Waals surface area contributed by atoms with Crippen molar-refractivity contribution >= 4 is 56.8 Å². The zero-order valence-electron chi connectivity index (χ0n) is 28.5. The number of phenolic OH excluding ortho intramolecular Hbond substituents is 1. The number of benzene rings is 5. The molecule has 0 aliphatic heterocycles. The lowest BCUT2D eigenvalue weighted by molar-refractivity contribution is -0.138. The number of anilines is 2. The van der Waals surface area contributed by atoms with Crippen LogP contribution in [-0.4, -0.2) is 36.9 Å². The molecule has 0 spiro atoms. The zero-order chi connectivity index (χ0) is 40.5. The van der Waals surface area contributed by atoms with Gasteiger partial charge in [0.25, 0.3) is 11.8 Å². The summed E-state index contributed by atoms with van der Waals surface area (Å²) in [6, 6.07) is 23.6. The van der Waals surface area contributed by atoms with Crippen molar-refractivity contribution in [1.82, 2.24) is 20.0 Å². The van der Waals surface area contributed by atoms with Gasteiger partial charge in [-0.05, 0) is 72.1 Å². The number of halogens is 6. The normalized spacial score (nSPS) is 11.8. The minimum atomic E-state index is -4.63. The summed E-state index contributed by atoms with van der Waals surface area (Å²) >= 11 is 1.13. The first kappa shape index (κ1) is 37.8. The number of fused-ring (bicyclic) bond motifs is 1. The van der Waals surface area contributed by atoms with E-state index in [0.717, 1.165) is 65.4 Å². The van der Waals surface area contributed by atoms with Crippen LogP contribution in [0.1, 0.15) is 37.4 Å². The molecular weight excluding hydrogens is 777 g/mol. The zero-order valence-corrected chi connectivity index (χ0v) is 29.3. The number of aromatic hydroxyl groups is 1. The number of phenols is 1. The number of hydrogen-bond donors (Lipinski definition) is 3. The second-order valence-electron chi connectivity index (χ2n) is 12.0. The van der Waals surface area contributed by atoms with E-state index in [4.69, 9.17) is 0 Å². The molecule has 0 aliphatic rings. The predicted octanol–water partition coefficient (Wildman–Crippen LogP) is 10.1. The number of carbonyl (C=O) groups is 2. The first-order valence-corrected chi connectivity index (χ1v) is 17.1. The number of carbonyl (C=O) groups excluding carboxylic acids is 2. The number of alkyl halides is 6. The summed E-state index contributed by atoms with van der Waals surface area (Å²) in [7, 11) is 0. The molecule has 0 saturated heterocycles. The quantitative estimate of drug-likeness (QED) is 0.101. The Labute approximate surface area is 320 Å². The minimum absolute atomic E-state index is 0.0135. The molecule has 0 unspecified atom stereocenters. The average molecular weight is 798 g/mol. The monoisotopic (exact) mass is 797 g/mol. The van der Waals surface area contributed by atoms with Crippen molar-refractivity contribution in [2.24, 2.45) is 10.2 Å². The molecule has 5 aromatic carbocycles. The highest BCUT2D eigenvalue weighted by molar-refractivity contribution is 7.17. The van der Waals surface area contributed by atoms with Crippen molar-refractivity contribution in [3.05, 3.63) is 137 Å². The standard InChI is InChI=1S/C38H21F6N9O3S/c39-37(40,41)24-7-11-26(12-8-24)47-33(55)21-6-15-28-22(16-21)17-29(34(56)48-27-13-9-25(10-14-27)38(42,43)44)31(54)30(28)49-50-32-23(18-45)19-46-53(32)36-52-51-35(57-36)20-4-2-1-3-5-20/h1-17,19,54H,(H,47,55)(H,48,56). The summed E-state index contributed by atoms with van der Waals surface area (Å²) in [4.78, 5) is 26.8. The fourth-order valence-electron chi connectivity index (χ4n) is 5.43. The Kier molecular flexibility index (Phi) is 9.95. The number of hydrogen-bond acceptors (Lipinski definition) is 10. The molecule has 0 radical (unpaired) electrons. The van der Waals surface area contributed by atoms with Crippen molar-refractivity contribution < 1.29 is 41.0 Å². The number of nitrogens with zero attached hydrogens (tertiary/aromatic N) is 7. The van der Waals surface area contributed by atoms with Gasteiger partial charge in [-0.1, -0.05) is 47.7 Å². The van der Waals surface area contributed by atoms with Crippen molar-refractivity contribution in [2.75, 3.05) is 10.6 Å². The maximum absolute atomic E-state index is 13.6. The summed E-state index contributed by atoms with van der Waals surface area (Å²) in [6.07, 6.45) is -8.00. The lowest BCUT2D eigenvalue weighted by atomic mass is 10.00. The van der Waals surface area contributed by atoms with Gasteiger partial charge in [0.2, 0.25) is 5.13 Å². The van der Waals surface area contributed by atoms with E-state index in [1.165, 1.54) is 35.1 Å². The van der Waals surface area contributed by atoms with Gasteiger partial charge < -0.3 is 15.7 Å². The van der Waals surface area contributed by atoms with E-state index < -0.39 is 46.6 Å². The highest BCUT2D eigenvalue weighted by atomic mass is 32.1. The van der Waals surface area contributed by atoms with Crippen LogP contribution in [0.3, 0.4) is 0 Å². The summed E-state index contributed by atoms with van der Waals surface area (Å²) in [5, 5.41) is 48.3. The summed E-state index contributed by atoms with van der Waals surface area (Å²) in [5.41, 5.74) is -1.89. The third kappa shape index (κ3) is 8.01. The van der Waals surface area contributed by atoms with Crippen LogP contribution >= 0.6 is 11.3 Å². The molecule has 0 bridgehead atoms. The van der Waals surface area contributed by atoms with E-state index in [-0.39, 0.29) is 49.9 Å². The Balaban J connectivity index is 1.28. The van der Waals surface area contributed by atoms with E-state index >= 15 is 0 Å². The summed E-state index contributed by atoms with van der Waals surface area (Å²) < 4.78 is 79.8. The Hall–Kier alpha value is -7.46. The molecule has 19 heteroatoms. The second kappa shape index (κ2) is 15.0.